The third-order valence-corrected chi connectivity index (χ3v) is 6.05. The van der Waals surface area contributed by atoms with Gasteiger partial charge in [-0.25, -0.2) is 0 Å². The minimum atomic E-state index is 0.233. The van der Waals surface area contributed by atoms with Gasteiger partial charge in [0, 0.05) is 38.7 Å². The topological polar surface area (TPSA) is 39.7 Å². The van der Waals surface area contributed by atoms with Crippen LogP contribution >= 0.6 is 39.1 Å². The number of rotatable bonds is 9. The second-order valence-corrected chi connectivity index (χ2v) is 8.17. The highest BCUT2D eigenvalue weighted by molar-refractivity contribution is 9.10. The van der Waals surface area contributed by atoms with E-state index in [0.717, 1.165) is 26.9 Å². The van der Waals surface area contributed by atoms with E-state index in [2.05, 4.69) is 21.2 Å². The molecule has 3 rings (SSSR count). The third kappa shape index (κ3) is 5.61. The van der Waals surface area contributed by atoms with E-state index < -0.39 is 0 Å². The van der Waals surface area contributed by atoms with E-state index in [-0.39, 0.29) is 6.61 Å². The van der Waals surface area contributed by atoms with Crippen LogP contribution in [-0.2, 0) is 19.7 Å². The third-order valence-electron chi connectivity index (χ3n) is 4.60. The number of halogens is 3. The molecule has 0 amide bonds. The average molecular weight is 511 g/mol. The van der Waals surface area contributed by atoms with Crippen molar-refractivity contribution in [2.75, 3.05) is 14.2 Å². The first-order valence-electron chi connectivity index (χ1n) is 9.28. The van der Waals surface area contributed by atoms with E-state index in [1.54, 1.807) is 26.4 Å². The van der Waals surface area contributed by atoms with Crippen LogP contribution in [0.1, 0.15) is 16.7 Å². The molecule has 0 unspecified atom stereocenters. The fourth-order valence-corrected chi connectivity index (χ4v) is 3.91. The Balaban J connectivity index is 1.76. The van der Waals surface area contributed by atoms with Gasteiger partial charge in [-0.05, 0) is 42.0 Å². The highest BCUT2D eigenvalue weighted by Crippen LogP contribution is 2.37. The van der Waals surface area contributed by atoms with Crippen molar-refractivity contribution in [1.29, 1.82) is 0 Å². The molecular formula is C23H22BrCl2NO3. The summed E-state index contributed by atoms with van der Waals surface area (Å²) in [4.78, 5) is 0. The molecule has 4 nitrogen and oxygen atoms in total. The second-order valence-electron chi connectivity index (χ2n) is 6.50. The molecule has 0 saturated heterocycles. The van der Waals surface area contributed by atoms with Gasteiger partial charge >= 0.3 is 0 Å². The van der Waals surface area contributed by atoms with Crippen LogP contribution in [0.4, 0.5) is 0 Å². The maximum absolute atomic E-state index is 6.29. The average Bonchev–Trinajstić information content (AvgIpc) is 2.75. The summed E-state index contributed by atoms with van der Waals surface area (Å²) < 4.78 is 17.8. The predicted octanol–water partition coefficient (Wildman–Crippen LogP) is 6.64. The molecule has 158 valence electrons. The van der Waals surface area contributed by atoms with Gasteiger partial charge in [0.15, 0.2) is 11.5 Å². The van der Waals surface area contributed by atoms with Crippen molar-refractivity contribution in [2.45, 2.75) is 19.7 Å². The molecular weight excluding hydrogens is 489 g/mol. The highest BCUT2D eigenvalue weighted by Gasteiger charge is 2.16. The van der Waals surface area contributed by atoms with Gasteiger partial charge in [0.2, 0.25) is 0 Å². The summed E-state index contributed by atoms with van der Waals surface area (Å²) in [5.74, 6) is 2.12. The Hall–Kier alpha value is -1.92. The van der Waals surface area contributed by atoms with Crippen molar-refractivity contribution in [3.05, 3.63) is 85.8 Å². The first-order chi connectivity index (χ1) is 14.5. The Morgan fingerprint density at radius 3 is 2.17 bits per heavy atom. The lowest BCUT2D eigenvalue weighted by molar-refractivity contribution is 0.280. The molecule has 3 aromatic carbocycles. The van der Waals surface area contributed by atoms with Crippen LogP contribution in [0.5, 0.6) is 17.2 Å². The summed E-state index contributed by atoms with van der Waals surface area (Å²) in [5.41, 5.74) is 2.84. The van der Waals surface area contributed by atoms with Gasteiger partial charge in [-0.1, -0.05) is 57.3 Å². The van der Waals surface area contributed by atoms with Crippen LogP contribution in [0.2, 0.25) is 10.0 Å². The Morgan fingerprint density at radius 2 is 1.53 bits per heavy atom. The zero-order valence-corrected chi connectivity index (χ0v) is 19.8. The molecule has 0 aliphatic carbocycles. The molecule has 0 saturated carbocycles. The van der Waals surface area contributed by atoms with Crippen LogP contribution in [0.15, 0.2) is 59.1 Å². The molecule has 0 bridgehead atoms. The molecule has 0 radical (unpaired) electrons. The van der Waals surface area contributed by atoms with E-state index >= 15 is 0 Å². The lowest BCUT2D eigenvalue weighted by atomic mass is 10.1. The minimum Gasteiger partial charge on any atom is -0.497 e. The van der Waals surface area contributed by atoms with Crippen molar-refractivity contribution in [2.24, 2.45) is 0 Å². The van der Waals surface area contributed by atoms with Crippen LogP contribution in [0.25, 0.3) is 0 Å². The number of nitrogens with one attached hydrogen (secondary N) is 1. The predicted molar refractivity (Wildman–Crippen MR) is 125 cm³/mol. The lowest BCUT2D eigenvalue weighted by Gasteiger charge is -2.18. The molecule has 1 N–H and O–H groups in total. The Bertz CT molecular complexity index is 976. The zero-order chi connectivity index (χ0) is 21.5. The molecule has 0 aliphatic heterocycles. The number of benzene rings is 3. The molecule has 0 aliphatic rings. The standard InChI is InChI=1S/C23H22BrCl2NO3/c1-28-16-8-6-15(7-9-16)12-27-13-17-19(24)10-11-22(29-2)23(17)30-14-18-20(25)4-3-5-21(18)26/h3-11,27H,12-14H2,1-2H3. The van der Waals surface area contributed by atoms with Crippen LogP contribution in [0.3, 0.4) is 0 Å². The summed E-state index contributed by atoms with van der Waals surface area (Å²) in [7, 11) is 3.28. The van der Waals surface area contributed by atoms with Gasteiger partial charge in [0.05, 0.1) is 14.2 Å². The van der Waals surface area contributed by atoms with Gasteiger partial charge in [-0.2, -0.15) is 0 Å². The van der Waals surface area contributed by atoms with Crippen molar-refractivity contribution < 1.29 is 14.2 Å². The first kappa shape index (κ1) is 22.8. The van der Waals surface area contributed by atoms with Crippen LogP contribution < -0.4 is 19.5 Å². The Labute approximate surface area is 195 Å². The number of methoxy groups -OCH3 is 2. The summed E-state index contributed by atoms with van der Waals surface area (Å²) in [6.07, 6.45) is 0. The van der Waals surface area contributed by atoms with Gasteiger partial charge in [-0.15, -0.1) is 0 Å². The van der Waals surface area contributed by atoms with Gasteiger partial charge in [0.25, 0.3) is 0 Å². The second kappa shape index (κ2) is 10.9. The molecule has 0 atom stereocenters. The molecule has 30 heavy (non-hydrogen) atoms. The molecule has 0 heterocycles. The van der Waals surface area contributed by atoms with Gasteiger partial charge in [0.1, 0.15) is 12.4 Å². The van der Waals surface area contributed by atoms with Crippen LogP contribution in [0, 0.1) is 0 Å². The molecule has 0 spiro atoms. The summed E-state index contributed by atoms with van der Waals surface area (Å²) in [5, 5.41) is 4.58. The Kier molecular flexibility index (Phi) is 8.28. The van der Waals surface area contributed by atoms with E-state index in [1.807, 2.05) is 42.5 Å². The number of ether oxygens (including phenoxy) is 3. The fraction of sp³-hybridized carbons (Fsp3) is 0.217. The smallest absolute Gasteiger partial charge is 0.167 e. The maximum Gasteiger partial charge on any atom is 0.167 e. The highest BCUT2D eigenvalue weighted by atomic mass is 79.9. The first-order valence-corrected chi connectivity index (χ1v) is 10.8. The summed E-state index contributed by atoms with van der Waals surface area (Å²) in [6.45, 7) is 1.51. The molecule has 3 aromatic rings. The van der Waals surface area contributed by atoms with Crippen molar-refractivity contribution in [3.8, 4) is 17.2 Å². The fourth-order valence-electron chi connectivity index (χ4n) is 2.96. The van der Waals surface area contributed by atoms with E-state index in [4.69, 9.17) is 37.4 Å². The molecule has 0 fully saturated rings. The zero-order valence-electron chi connectivity index (χ0n) is 16.7. The van der Waals surface area contributed by atoms with E-state index in [0.29, 0.717) is 34.6 Å². The molecule has 0 aromatic heterocycles. The normalized spacial score (nSPS) is 10.7. The van der Waals surface area contributed by atoms with Gasteiger partial charge in [-0.3, -0.25) is 0 Å². The largest absolute Gasteiger partial charge is 0.497 e. The van der Waals surface area contributed by atoms with Crippen LogP contribution in [-0.4, -0.2) is 14.2 Å². The van der Waals surface area contributed by atoms with E-state index in [1.165, 1.54) is 0 Å². The Morgan fingerprint density at radius 1 is 0.833 bits per heavy atom. The van der Waals surface area contributed by atoms with Crippen molar-refractivity contribution in [3.63, 3.8) is 0 Å². The number of hydrogen-bond donors (Lipinski definition) is 1. The SMILES string of the molecule is COc1ccc(CNCc2c(Br)ccc(OC)c2OCc2c(Cl)cccc2Cl)cc1. The quantitative estimate of drug-likeness (QED) is 0.350. The minimum absolute atomic E-state index is 0.233. The van der Waals surface area contributed by atoms with Gasteiger partial charge < -0.3 is 19.5 Å². The lowest BCUT2D eigenvalue weighted by Crippen LogP contribution is -2.14. The summed E-state index contributed by atoms with van der Waals surface area (Å²) in [6, 6.07) is 17.2. The monoisotopic (exact) mass is 509 g/mol. The van der Waals surface area contributed by atoms with E-state index in [9.17, 15) is 0 Å². The molecule has 7 heteroatoms. The van der Waals surface area contributed by atoms with Crippen molar-refractivity contribution in [1.82, 2.24) is 5.32 Å². The number of hydrogen-bond acceptors (Lipinski definition) is 4. The van der Waals surface area contributed by atoms with Crippen molar-refractivity contribution >= 4 is 39.1 Å². The summed E-state index contributed by atoms with van der Waals surface area (Å²) >= 11 is 16.2. The maximum atomic E-state index is 6.29.